The summed E-state index contributed by atoms with van der Waals surface area (Å²) in [5.41, 5.74) is 7.24. The quantitative estimate of drug-likeness (QED) is 0.812. The molecule has 0 saturated heterocycles. The number of allylic oxidation sites excluding steroid dienone is 2. The number of benzene rings is 1. The van der Waals surface area contributed by atoms with Crippen LogP contribution in [-0.2, 0) is 19.1 Å². The molecule has 122 valence electrons. The van der Waals surface area contributed by atoms with E-state index in [1.165, 1.54) is 6.92 Å². The Bertz CT molecular complexity index is 721. The Morgan fingerprint density at radius 1 is 1.30 bits per heavy atom. The standard InChI is InChI=1S/C17H18BrNO4/c1-4-22-17(21)15-14(11-7-5-6-8-12(11)18)13(9(2)20)10(3)23-16(15)19/h5-8,14H,4,19H2,1-3H3/t14-/m0/s1. The fraction of sp³-hybridized carbons (Fsp3) is 0.294. The van der Waals surface area contributed by atoms with Crippen molar-refractivity contribution in [2.45, 2.75) is 26.7 Å². The lowest BCUT2D eigenvalue weighted by atomic mass is 9.81. The van der Waals surface area contributed by atoms with Crippen LogP contribution in [0.2, 0.25) is 0 Å². The van der Waals surface area contributed by atoms with Gasteiger partial charge in [0.25, 0.3) is 0 Å². The van der Waals surface area contributed by atoms with Crippen molar-refractivity contribution in [3.63, 3.8) is 0 Å². The summed E-state index contributed by atoms with van der Waals surface area (Å²) in [6.07, 6.45) is 0. The predicted molar refractivity (Wildman–Crippen MR) is 89.2 cm³/mol. The van der Waals surface area contributed by atoms with E-state index >= 15 is 0 Å². The van der Waals surface area contributed by atoms with Gasteiger partial charge in [0, 0.05) is 10.0 Å². The number of halogens is 1. The summed E-state index contributed by atoms with van der Waals surface area (Å²) in [5, 5.41) is 0. The first-order chi connectivity index (χ1) is 10.9. The van der Waals surface area contributed by atoms with Crippen LogP contribution in [0, 0.1) is 0 Å². The van der Waals surface area contributed by atoms with Crippen molar-refractivity contribution in [2.75, 3.05) is 6.61 Å². The molecule has 2 rings (SSSR count). The molecule has 2 N–H and O–H groups in total. The summed E-state index contributed by atoms with van der Waals surface area (Å²) in [4.78, 5) is 24.6. The minimum Gasteiger partial charge on any atom is -0.462 e. The second-order valence-corrected chi connectivity index (χ2v) is 5.94. The van der Waals surface area contributed by atoms with Crippen molar-refractivity contribution in [3.8, 4) is 0 Å². The molecule has 0 spiro atoms. The van der Waals surface area contributed by atoms with Crippen molar-refractivity contribution in [2.24, 2.45) is 5.73 Å². The number of carbonyl (C=O) groups is 2. The zero-order valence-corrected chi connectivity index (χ0v) is 14.8. The first-order valence-electron chi connectivity index (χ1n) is 7.19. The Hall–Kier alpha value is -2.08. The molecule has 1 aliphatic heterocycles. The molecule has 6 heteroatoms. The molecule has 0 unspecified atom stereocenters. The molecule has 0 aromatic heterocycles. The van der Waals surface area contributed by atoms with Gasteiger partial charge in [-0.25, -0.2) is 4.79 Å². The maximum atomic E-state index is 12.4. The van der Waals surface area contributed by atoms with Crippen molar-refractivity contribution in [3.05, 3.63) is 57.1 Å². The second kappa shape index (κ2) is 7.00. The molecule has 1 aromatic carbocycles. The van der Waals surface area contributed by atoms with Crippen LogP contribution in [-0.4, -0.2) is 18.4 Å². The number of ether oxygens (including phenoxy) is 2. The van der Waals surface area contributed by atoms with Gasteiger partial charge in [0.05, 0.1) is 12.5 Å². The Balaban J connectivity index is 2.69. The third-order valence-electron chi connectivity index (χ3n) is 3.58. The molecule has 0 radical (unpaired) electrons. The van der Waals surface area contributed by atoms with Crippen molar-refractivity contribution in [1.29, 1.82) is 0 Å². The van der Waals surface area contributed by atoms with Gasteiger partial charge in [-0.05, 0) is 32.4 Å². The number of ketones is 1. The molecule has 23 heavy (non-hydrogen) atoms. The lowest BCUT2D eigenvalue weighted by molar-refractivity contribution is -0.139. The number of carbonyl (C=O) groups excluding carboxylic acids is 2. The monoisotopic (exact) mass is 379 g/mol. The molecule has 0 saturated carbocycles. The fourth-order valence-electron chi connectivity index (χ4n) is 2.66. The Kier molecular flexibility index (Phi) is 5.26. The third kappa shape index (κ3) is 3.32. The normalized spacial score (nSPS) is 17.8. The summed E-state index contributed by atoms with van der Waals surface area (Å²) >= 11 is 3.47. The van der Waals surface area contributed by atoms with E-state index in [-0.39, 0.29) is 23.8 Å². The third-order valence-corrected chi connectivity index (χ3v) is 4.30. The number of rotatable bonds is 4. The highest BCUT2D eigenvalue weighted by Crippen LogP contribution is 2.42. The van der Waals surface area contributed by atoms with E-state index in [0.717, 1.165) is 10.0 Å². The minimum atomic E-state index is -0.629. The van der Waals surface area contributed by atoms with Gasteiger partial charge in [-0.1, -0.05) is 34.1 Å². The average Bonchev–Trinajstić information content (AvgIpc) is 2.46. The highest BCUT2D eigenvalue weighted by Gasteiger charge is 2.38. The lowest BCUT2D eigenvalue weighted by Crippen LogP contribution is -2.29. The van der Waals surface area contributed by atoms with E-state index in [1.807, 2.05) is 24.3 Å². The Morgan fingerprint density at radius 2 is 1.96 bits per heavy atom. The summed E-state index contributed by atoms with van der Waals surface area (Å²) < 4.78 is 11.3. The van der Waals surface area contributed by atoms with Gasteiger partial charge < -0.3 is 15.2 Å². The first-order valence-corrected chi connectivity index (χ1v) is 7.98. The molecule has 0 bridgehead atoms. The lowest BCUT2D eigenvalue weighted by Gasteiger charge is -2.29. The maximum absolute atomic E-state index is 12.4. The molecule has 1 heterocycles. The summed E-state index contributed by atoms with van der Waals surface area (Å²) in [7, 11) is 0. The van der Waals surface area contributed by atoms with Gasteiger partial charge in [-0.15, -0.1) is 0 Å². The van der Waals surface area contributed by atoms with Crippen LogP contribution in [0.25, 0.3) is 0 Å². The van der Waals surface area contributed by atoms with Gasteiger partial charge in [-0.2, -0.15) is 0 Å². The zero-order valence-electron chi connectivity index (χ0n) is 13.2. The highest BCUT2D eigenvalue weighted by molar-refractivity contribution is 9.10. The Labute approximate surface area is 143 Å². The molecule has 0 amide bonds. The van der Waals surface area contributed by atoms with Gasteiger partial charge in [0.15, 0.2) is 5.78 Å². The van der Waals surface area contributed by atoms with Crippen LogP contribution in [0.5, 0.6) is 0 Å². The molecule has 1 atom stereocenters. The SMILES string of the molecule is CCOC(=O)C1=C(N)OC(C)=C(C(C)=O)[C@@H]1c1ccccc1Br. The predicted octanol–water partition coefficient (Wildman–Crippen LogP) is 3.16. The van der Waals surface area contributed by atoms with E-state index < -0.39 is 11.9 Å². The van der Waals surface area contributed by atoms with Crippen molar-refractivity contribution < 1.29 is 19.1 Å². The second-order valence-electron chi connectivity index (χ2n) is 5.08. The van der Waals surface area contributed by atoms with E-state index in [4.69, 9.17) is 15.2 Å². The summed E-state index contributed by atoms with van der Waals surface area (Å²) in [6, 6.07) is 7.37. The van der Waals surface area contributed by atoms with Crippen LogP contribution in [0.15, 0.2) is 51.5 Å². The number of nitrogens with two attached hydrogens (primary N) is 1. The fourth-order valence-corrected chi connectivity index (χ4v) is 3.18. The van der Waals surface area contributed by atoms with Crippen LogP contribution in [0.1, 0.15) is 32.3 Å². The highest BCUT2D eigenvalue weighted by atomic mass is 79.9. The average molecular weight is 380 g/mol. The van der Waals surface area contributed by atoms with Crippen LogP contribution in [0.3, 0.4) is 0 Å². The molecule has 0 aliphatic carbocycles. The number of hydrogen-bond acceptors (Lipinski definition) is 5. The minimum absolute atomic E-state index is 0.0355. The van der Waals surface area contributed by atoms with Crippen LogP contribution < -0.4 is 5.73 Å². The molecule has 5 nitrogen and oxygen atoms in total. The molecule has 0 fully saturated rings. The summed E-state index contributed by atoms with van der Waals surface area (Å²) in [6.45, 7) is 5.01. The number of esters is 1. The molecular formula is C17H18BrNO4. The van der Waals surface area contributed by atoms with Gasteiger partial charge in [0.2, 0.25) is 5.88 Å². The van der Waals surface area contributed by atoms with Gasteiger partial charge in [0.1, 0.15) is 11.3 Å². The van der Waals surface area contributed by atoms with Gasteiger partial charge >= 0.3 is 5.97 Å². The number of hydrogen-bond donors (Lipinski definition) is 1. The van der Waals surface area contributed by atoms with E-state index in [1.54, 1.807) is 13.8 Å². The molecule has 1 aliphatic rings. The number of Topliss-reactive ketones (excluding diaryl/α,β-unsaturated/α-hetero) is 1. The molecule has 1 aromatic rings. The zero-order chi connectivity index (χ0) is 17.1. The maximum Gasteiger partial charge on any atom is 0.340 e. The van der Waals surface area contributed by atoms with Crippen LogP contribution >= 0.6 is 15.9 Å². The smallest absolute Gasteiger partial charge is 0.340 e. The Morgan fingerprint density at radius 3 is 2.52 bits per heavy atom. The largest absolute Gasteiger partial charge is 0.462 e. The summed E-state index contributed by atoms with van der Waals surface area (Å²) in [5.74, 6) is -1.04. The van der Waals surface area contributed by atoms with Crippen molar-refractivity contribution in [1.82, 2.24) is 0 Å². The van der Waals surface area contributed by atoms with E-state index in [9.17, 15) is 9.59 Å². The molecular weight excluding hydrogens is 362 g/mol. The topological polar surface area (TPSA) is 78.6 Å². The van der Waals surface area contributed by atoms with Gasteiger partial charge in [-0.3, -0.25) is 4.79 Å². The first kappa shape index (κ1) is 17.3. The van der Waals surface area contributed by atoms with Crippen molar-refractivity contribution >= 4 is 27.7 Å². The van der Waals surface area contributed by atoms with Crippen LogP contribution in [0.4, 0.5) is 0 Å². The van der Waals surface area contributed by atoms with E-state index in [2.05, 4.69) is 15.9 Å². The van der Waals surface area contributed by atoms with E-state index in [0.29, 0.717) is 11.3 Å².